The summed E-state index contributed by atoms with van der Waals surface area (Å²) in [6.07, 6.45) is 0.794. The minimum atomic E-state index is 0.0693. The normalized spacial score (nSPS) is 15.6. The van der Waals surface area contributed by atoms with Crippen LogP contribution >= 0.6 is 0 Å². The Balaban J connectivity index is 2.20. The van der Waals surface area contributed by atoms with Gasteiger partial charge in [0.15, 0.2) is 0 Å². The monoisotopic (exact) mass is 248 g/mol. The number of carbonyl (C=O) groups is 2. The van der Waals surface area contributed by atoms with Gasteiger partial charge in [-0.3, -0.25) is 9.59 Å². The Kier molecular flexibility index (Phi) is 3.94. The van der Waals surface area contributed by atoms with Gasteiger partial charge in [-0.2, -0.15) is 0 Å². The van der Waals surface area contributed by atoms with E-state index in [1.807, 2.05) is 0 Å². The minimum absolute atomic E-state index is 0.0693. The smallest absolute Gasteiger partial charge is 0.236 e. The number of amides is 1. The van der Waals surface area contributed by atoms with E-state index in [9.17, 15) is 9.59 Å². The van der Waals surface area contributed by atoms with Crippen molar-refractivity contribution >= 4 is 12.2 Å². The van der Waals surface area contributed by atoms with Crippen LogP contribution in [-0.2, 0) is 11.3 Å². The van der Waals surface area contributed by atoms with Crippen LogP contribution in [-0.4, -0.2) is 43.8 Å². The van der Waals surface area contributed by atoms with E-state index in [0.29, 0.717) is 30.9 Å². The van der Waals surface area contributed by atoms with Crippen LogP contribution in [0.1, 0.15) is 15.9 Å². The van der Waals surface area contributed by atoms with Crippen molar-refractivity contribution in [1.82, 2.24) is 10.2 Å². The molecule has 1 N–H and O–H groups in total. The number of methoxy groups -OCH3 is 1. The lowest BCUT2D eigenvalue weighted by Gasteiger charge is -2.28. The number of nitrogens with one attached hydrogen (secondary N) is 1. The number of hydrogen-bond donors (Lipinski definition) is 1. The van der Waals surface area contributed by atoms with Gasteiger partial charge < -0.3 is 15.0 Å². The van der Waals surface area contributed by atoms with Crippen LogP contribution in [0, 0.1) is 0 Å². The largest absolute Gasteiger partial charge is 0.496 e. The summed E-state index contributed by atoms with van der Waals surface area (Å²) >= 11 is 0. The number of carbonyl (C=O) groups excluding carboxylic acids is 2. The lowest BCUT2D eigenvalue weighted by molar-refractivity contribution is -0.132. The third-order valence-corrected chi connectivity index (χ3v) is 2.99. The Morgan fingerprint density at radius 3 is 3.00 bits per heavy atom. The van der Waals surface area contributed by atoms with Crippen LogP contribution in [0.2, 0.25) is 0 Å². The standard InChI is InChI=1S/C13H16N2O3/c1-18-12-3-2-10(9-16)6-11(12)8-15-5-4-14-7-13(15)17/h2-3,6,9,14H,4-5,7-8H2,1H3. The SMILES string of the molecule is COc1ccc(C=O)cc1CN1CCNCC1=O. The van der Waals surface area contributed by atoms with Gasteiger partial charge in [-0.05, 0) is 18.2 Å². The first kappa shape index (κ1) is 12.6. The van der Waals surface area contributed by atoms with Gasteiger partial charge >= 0.3 is 0 Å². The minimum Gasteiger partial charge on any atom is -0.496 e. The Hall–Kier alpha value is -1.88. The molecule has 0 radical (unpaired) electrons. The number of rotatable bonds is 4. The van der Waals surface area contributed by atoms with Crippen molar-refractivity contribution in [1.29, 1.82) is 0 Å². The van der Waals surface area contributed by atoms with Gasteiger partial charge in [0.05, 0.1) is 13.7 Å². The highest BCUT2D eigenvalue weighted by atomic mass is 16.5. The van der Waals surface area contributed by atoms with E-state index in [4.69, 9.17) is 4.74 Å². The van der Waals surface area contributed by atoms with Gasteiger partial charge in [0.2, 0.25) is 5.91 Å². The molecule has 5 heteroatoms. The van der Waals surface area contributed by atoms with Gasteiger partial charge in [0.25, 0.3) is 0 Å². The maximum Gasteiger partial charge on any atom is 0.236 e. The van der Waals surface area contributed by atoms with Crippen LogP contribution in [0.15, 0.2) is 18.2 Å². The van der Waals surface area contributed by atoms with E-state index >= 15 is 0 Å². The van der Waals surface area contributed by atoms with E-state index < -0.39 is 0 Å². The number of benzene rings is 1. The second kappa shape index (κ2) is 5.64. The number of nitrogens with zero attached hydrogens (tertiary/aromatic N) is 1. The highest BCUT2D eigenvalue weighted by Gasteiger charge is 2.19. The quantitative estimate of drug-likeness (QED) is 0.785. The molecule has 0 saturated carbocycles. The topological polar surface area (TPSA) is 58.6 Å². The molecule has 2 rings (SSSR count). The number of piperazine rings is 1. The fraction of sp³-hybridized carbons (Fsp3) is 0.385. The molecule has 96 valence electrons. The molecule has 1 aliphatic heterocycles. The molecule has 1 heterocycles. The average molecular weight is 248 g/mol. The van der Waals surface area contributed by atoms with Crippen molar-refractivity contribution in [2.75, 3.05) is 26.7 Å². The summed E-state index contributed by atoms with van der Waals surface area (Å²) in [7, 11) is 1.58. The average Bonchev–Trinajstić information content (AvgIpc) is 2.41. The fourth-order valence-corrected chi connectivity index (χ4v) is 2.01. The summed E-state index contributed by atoms with van der Waals surface area (Å²) in [6.45, 7) is 2.32. The van der Waals surface area contributed by atoms with E-state index in [2.05, 4.69) is 5.32 Å². The molecular weight excluding hydrogens is 232 g/mol. The molecule has 0 spiro atoms. The summed E-state index contributed by atoms with van der Waals surface area (Å²) in [5.74, 6) is 0.770. The van der Waals surface area contributed by atoms with Crippen molar-refractivity contribution in [3.05, 3.63) is 29.3 Å². The second-order valence-corrected chi connectivity index (χ2v) is 4.18. The Bertz CT molecular complexity index is 460. The molecule has 0 bridgehead atoms. The first-order chi connectivity index (χ1) is 8.74. The number of ether oxygens (including phenoxy) is 1. The van der Waals surface area contributed by atoms with E-state index in [1.165, 1.54) is 0 Å². The molecule has 1 aromatic carbocycles. The van der Waals surface area contributed by atoms with E-state index in [1.54, 1.807) is 30.2 Å². The third-order valence-electron chi connectivity index (χ3n) is 2.99. The maximum atomic E-state index is 11.7. The molecule has 1 aliphatic rings. The van der Waals surface area contributed by atoms with Crippen LogP contribution < -0.4 is 10.1 Å². The first-order valence-corrected chi connectivity index (χ1v) is 5.85. The summed E-state index contributed by atoms with van der Waals surface area (Å²) in [4.78, 5) is 24.3. The highest BCUT2D eigenvalue weighted by molar-refractivity contribution is 5.79. The number of aldehydes is 1. The molecular formula is C13H16N2O3. The van der Waals surface area contributed by atoms with E-state index in [0.717, 1.165) is 18.4 Å². The summed E-state index contributed by atoms with van der Waals surface area (Å²) in [5.41, 5.74) is 1.45. The zero-order valence-corrected chi connectivity index (χ0v) is 10.3. The van der Waals surface area contributed by atoms with Crippen molar-refractivity contribution in [2.24, 2.45) is 0 Å². The Labute approximate surface area is 106 Å². The molecule has 0 atom stereocenters. The Morgan fingerprint density at radius 2 is 2.33 bits per heavy atom. The zero-order chi connectivity index (χ0) is 13.0. The molecule has 1 aromatic rings. The van der Waals surface area contributed by atoms with Gasteiger partial charge in [-0.15, -0.1) is 0 Å². The maximum absolute atomic E-state index is 11.7. The van der Waals surface area contributed by atoms with Crippen molar-refractivity contribution in [3.63, 3.8) is 0 Å². The molecule has 1 saturated heterocycles. The fourth-order valence-electron chi connectivity index (χ4n) is 2.01. The van der Waals surface area contributed by atoms with Crippen LogP contribution in [0.25, 0.3) is 0 Å². The second-order valence-electron chi connectivity index (χ2n) is 4.18. The van der Waals surface area contributed by atoms with Gasteiger partial charge in [0.1, 0.15) is 12.0 Å². The number of hydrogen-bond acceptors (Lipinski definition) is 4. The van der Waals surface area contributed by atoms with Gasteiger partial charge in [0, 0.05) is 30.8 Å². The summed E-state index contributed by atoms with van der Waals surface area (Å²) in [6, 6.07) is 5.22. The molecule has 0 unspecified atom stereocenters. The van der Waals surface area contributed by atoms with E-state index in [-0.39, 0.29) is 5.91 Å². The molecule has 1 fully saturated rings. The lowest BCUT2D eigenvalue weighted by Crippen LogP contribution is -2.47. The van der Waals surface area contributed by atoms with Crippen LogP contribution in [0.3, 0.4) is 0 Å². The van der Waals surface area contributed by atoms with Crippen LogP contribution in [0.5, 0.6) is 5.75 Å². The molecule has 0 aliphatic carbocycles. The van der Waals surface area contributed by atoms with Gasteiger partial charge in [-0.25, -0.2) is 0 Å². The predicted octanol–water partition coefficient (Wildman–Crippen LogP) is 0.439. The van der Waals surface area contributed by atoms with Crippen molar-refractivity contribution in [2.45, 2.75) is 6.54 Å². The summed E-state index contributed by atoms with van der Waals surface area (Å²) < 4.78 is 5.25. The lowest BCUT2D eigenvalue weighted by atomic mass is 10.1. The first-order valence-electron chi connectivity index (χ1n) is 5.85. The van der Waals surface area contributed by atoms with Crippen molar-refractivity contribution in [3.8, 4) is 5.75 Å². The molecule has 0 aromatic heterocycles. The van der Waals surface area contributed by atoms with Gasteiger partial charge in [-0.1, -0.05) is 0 Å². The summed E-state index contributed by atoms with van der Waals surface area (Å²) in [5, 5.41) is 3.02. The predicted molar refractivity (Wildman–Crippen MR) is 66.7 cm³/mol. The molecule has 1 amide bonds. The zero-order valence-electron chi connectivity index (χ0n) is 10.3. The van der Waals surface area contributed by atoms with Crippen LogP contribution in [0.4, 0.5) is 0 Å². The third kappa shape index (κ3) is 2.68. The van der Waals surface area contributed by atoms with Crippen molar-refractivity contribution < 1.29 is 14.3 Å². The highest BCUT2D eigenvalue weighted by Crippen LogP contribution is 2.21. The Morgan fingerprint density at radius 1 is 1.50 bits per heavy atom. The molecule has 18 heavy (non-hydrogen) atoms. The molecule has 5 nitrogen and oxygen atoms in total.